The first kappa shape index (κ1) is 11.0. The van der Waals surface area contributed by atoms with Gasteiger partial charge in [0.25, 0.3) is 0 Å². The molecule has 0 heterocycles. The van der Waals surface area contributed by atoms with Crippen molar-refractivity contribution in [2.75, 3.05) is 0 Å². The molecule has 0 bridgehead atoms. The molecule has 2 nitrogen and oxygen atoms in total. The molecular weight excluding hydrogens is 171 g/mol. The number of alkyl halides is 2. The van der Waals surface area contributed by atoms with Crippen LogP contribution < -0.4 is 5.73 Å². The third-order valence-corrected chi connectivity index (χ3v) is 1.27. The van der Waals surface area contributed by atoms with E-state index in [0.29, 0.717) is 0 Å². The summed E-state index contributed by atoms with van der Waals surface area (Å²) in [7, 11) is 0. The normalized spacial score (nSPS) is 18.1. The van der Waals surface area contributed by atoms with Gasteiger partial charge in [0.1, 0.15) is 18.2 Å². The molecule has 0 aliphatic rings. The average molecular weight is 181 g/mol. The van der Waals surface area contributed by atoms with Crippen LogP contribution in [-0.4, -0.2) is 18.3 Å². The van der Waals surface area contributed by atoms with Crippen molar-refractivity contribution in [3.05, 3.63) is 11.4 Å². The lowest BCUT2D eigenvalue weighted by Crippen LogP contribution is -2.22. The number of carbonyl (C=O) groups is 1. The Hall–Kier alpha value is -1.00. The highest BCUT2D eigenvalue weighted by Crippen LogP contribution is 2.18. The van der Waals surface area contributed by atoms with E-state index in [4.69, 9.17) is 0 Å². The number of allylic oxidation sites excluding steroid dienone is 1. The van der Waals surface area contributed by atoms with Crippen LogP contribution in [0.25, 0.3) is 0 Å². The third kappa shape index (κ3) is 2.56. The molecule has 0 aliphatic carbocycles. The Balaban J connectivity index is 4.94. The highest BCUT2D eigenvalue weighted by atomic mass is 19.2. The van der Waals surface area contributed by atoms with Gasteiger partial charge in [-0.25, -0.2) is 13.2 Å². The van der Waals surface area contributed by atoms with Crippen LogP contribution in [0, 0.1) is 0 Å². The minimum atomic E-state index is -2.01. The second-order valence-corrected chi connectivity index (χ2v) is 2.36. The predicted octanol–water partition coefficient (Wildman–Crippen LogP) is 1.41. The van der Waals surface area contributed by atoms with Gasteiger partial charge in [0, 0.05) is 0 Å². The molecule has 0 aromatic heterocycles. The summed E-state index contributed by atoms with van der Waals surface area (Å²) < 4.78 is 37.4. The minimum Gasteiger partial charge on any atom is -0.366 e. The molecule has 0 aromatic carbocycles. The van der Waals surface area contributed by atoms with Crippen LogP contribution in [0.3, 0.4) is 0 Å². The maximum Gasteiger partial charge on any atom is 0.250 e. The largest absolute Gasteiger partial charge is 0.366 e. The summed E-state index contributed by atoms with van der Waals surface area (Å²) in [5, 5.41) is 0. The maximum absolute atomic E-state index is 12.7. The standard InChI is InChI=1S/C7H10F3NO/c1-3(8)5(7(11)12)6(10)4(2)9/h3-4H,1-2H3,(H2,11,12). The lowest BCUT2D eigenvalue weighted by Gasteiger charge is -2.07. The molecule has 0 aromatic rings. The molecule has 5 heteroatoms. The first-order chi connectivity index (χ1) is 5.37. The monoisotopic (exact) mass is 181 g/mol. The van der Waals surface area contributed by atoms with Crippen LogP contribution in [0.4, 0.5) is 13.2 Å². The number of nitrogens with two attached hydrogens (primary N) is 1. The molecule has 0 saturated heterocycles. The van der Waals surface area contributed by atoms with E-state index < -0.39 is 29.7 Å². The van der Waals surface area contributed by atoms with Gasteiger partial charge in [-0.3, -0.25) is 4.79 Å². The zero-order valence-corrected chi connectivity index (χ0v) is 6.77. The van der Waals surface area contributed by atoms with Gasteiger partial charge in [-0.05, 0) is 13.8 Å². The lowest BCUT2D eigenvalue weighted by atomic mass is 10.1. The molecule has 2 unspecified atom stereocenters. The Morgan fingerprint density at radius 3 is 1.75 bits per heavy atom. The SMILES string of the molecule is CC(F)C(F)=C(C(N)=O)C(C)F. The highest BCUT2D eigenvalue weighted by Gasteiger charge is 2.22. The van der Waals surface area contributed by atoms with Gasteiger partial charge < -0.3 is 5.73 Å². The Kier molecular flexibility index (Phi) is 3.79. The molecule has 0 radical (unpaired) electrons. The molecule has 70 valence electrons. The maximum atomic E-state index is 12.7. The number of rotatable bonds is 3. The zero-order valence-electron chi connectivity index (χ0n) is 6.77. The van der Waals surface area contributed by atoms with E-state index in [1.54, 1.807) is 0 Å². The molecule has 0 spiro atoms. The van der Waals surface area contributed by atoms with Crippen LogP contribution in [0.2, 0.25) is 0 Å². The van der Waals surface area contributed by atoms with Crippen molar-refractivity contribution in [3.8, 4) is 0 Å². The number of primary amides is 1. The van der Waals surface area contributed by atoms with Gasteiger partial charge in [0.05, 0.1) is 5.57 Å². The molecule has 0 rings (SSSR count). The highest BCUT2D eigenvalue weighted by molar-refractivity contribution is 5.93. The van der Waals surface area contributed by atoms with Gasteiger partial charge in [-0.1, -0.05) is 0 Å². The molecule has 2 atom stereocenters. The van der Waals surface area contributed by atoms with Gasteiger partial charge in [0.15, 0.2) is 0 Å². The summed E-state index contributed by atoms with van der Waals surface area (Å²) in [6.45, 7) is 1.78. The number of carbonyl (C=O) groups excluding carboxylic acids is 1. The minimum absolute atomic E-state index is 0.862. The second-order valence-electron chi connectivity index (χ2n) is 2.36. The Morgan fingerprint density at radius 2 is 1.67 bits per heavy atom. The van der Waals surface area contributed by atoms with Crippen LogP contribution >= 0.6 is 0 Å². The van der Waals surface area contributed by atoms with Crippen molar-refractivity contribution >= 4 is 5.91 Å². The quantitative estimate of drug-likeness (QED) is 0.657. The fourth-order valence-corrected chi connectivity index (χ4v) is 0.718. The second kappa shape index (κ2) is 4.13. The first-order valence-electron chi connectivity index (χ1n) is 3.35. The fourth-order valence-electron chi connectivity index (χ4n) is 0.718. The Bertz CT molecular complexity index is 211. The van der Waals surface area contributed by atoms with E-state index in [1.807, 2.05) is 0 Å². The van der Waals surface area contributed by atoms with Crippen LogP contribution in [-0.2, 0) is 4.79 Å². The van der Waals surface area contributed by atoms with E-state index in [-0.39, 0.29) is 0 Å². The van der Waals surface area contributed by atoms with Crippen molar-refractivity contribution in [2.45, 2.75) is 26.2 Å². The zero-order chi connectivity index (χ0) is 9.89. The van der Waals surface area contributed by atoms with E-state index in [2.05, 4.69) is 5.73 Å². The molecule has 1 amide bonds. The number of hydrogen-bond donors (Lipinski definition) is 1. The van der Waals surface area contributed by atoms with Crippen LogP contribution in [0.1, 0.15) is 13.8 Å². The number of amides is 1. The summed E-state index contributed by atoms with van der Waals surface area (Å²) in [6, 6.07) is 0. The van der Waals surface area contributed by atoms with Gasteiger partial charge >= 0.3 is 0 Å². The van der Waals surface area contributed by atoms with Crippen molar-refractivity contribution < 1.29 is 18.0 Å². The smallest absolute Gasteiger partial charge is 0.250 e. The van der Waals surface area contributed by atoms with Gasteiger partial charge in [-0.2, -0.15) is 0 Å². The van der Waals surface area contributed by atoms with Crippen molar-refractivity contribution in [2.24, 2.45) is 5.73 Å². The Morgan fingerprint density at radius 1 is 1.25 bits per heavy atom. The molecular formula is C7H10F3NO. The molecule has 12 heavy (non-hydrogen) atoms. The summed E-state index contributed by atoms with van der Waals surface area (Å²) in [5.41, 5.74) is 3.71. The summed E-state index contributed by atoms with van der Waals surface area (Å²) in [6.07, 6.45) is -3.90. The first-order valence-corrected chi connectivity index (χ1v) is 3.35. The van der Waals surface area contributed by atoms with Crippen molar-refractivity contribution in [1.29, 1.82) is 0 Å². The van der Waals surface area contributed by atoms with E-state index >= 15 is 0 Å². The van der Waals surface area contributed by atoms with Crippen molar-refractivity contribution in [1.82, 2.24) is 0 Å². The predicted molar refractivity (Wildman–Crippen MR) is 38.5 cm³/mol. The van der Waals surface area contributed by atoms with E-state index in [0.717, 1.165) is 13.8 Å². The summed E-state index contributed by atoms with van der Waals surface area (Å²) in [4.78, 5) is 10.4. The Labute approximate surface area is 68.2 Å². The van der Waals surface area contributed by atoms with Crippen molar-refractivity contribution in [3.63, 3.8) is 0 Å². The van der Waals surface area contributed by atoms with Crippen LogP contribution in [0.5, 0.6) is 0 Å². The molecule has 0 fully saturated rings. The summed E-state index contributed by atoms with van der Waals surface area (Å²) >= 11 is 0. The average Bonchev–Trinajstić information content (AvgIpc) is 1.85. The molecule has 2 N–H and O–H groups in total. The summed E-state index contributed by atoms with van der Waals surface area (Å²) in [5.74, 6) is -2.70. The van der Waals surface area contributed by atoms with E-state index in [1.165, 1.54) is 0 Å². The fraction of sp³-hybridized carbons (Fsp3) is 0.571. The van der Waals surface area contributed by atoms with E-state index in [9.17, 15) is 18.0 Å². The topological polar surface area (TPSA) is 43.1 Å². The number of halogens is 3. The van der Waals surface area contributed by atoms with Crippen LogP contribution in [0.15, 0.2) is 11.4 Å². The van der Waals surface area contributed by atoms with Gasteiger partial charge in [-0.15, -0.1) is 0 Å². The third-order valence-electron chi connectivity index (χ3n) is 1.27. The lowest BCUT2D eigenvalue weighted by molar-refractivity contribution is -0.115. The number of hydrogen-bond acceptors (Lipinski definition) is 1. The molecule has 0 saturated carbocycles. The van der Waals surface area contributed by atoms with Gasteiger partial charge in [0.2, 0.25) is 5.91 Å². The molecule has 0 aliphatic heterocycles.